The predicted molar refractivity (Wildman–Crippen MR) is 143 cm³/mol. The van der Waals surface area contributed by atoms with Crippen molar-refractivity contribution in [3.63, 3.8) is 0 Å². The molecule has 0 amide bonds. The average molecular weight is 527 g/mol. The second-order valence-electron chi connectivity index (χ2n) is 10.1. The van der Waals surface area contributed by atoms with E-state index >= 15 is 0 Å². The summed E-state index contributed by atoms with van der Waals surface area (Å²) in [5.41, 5.74) is 4.51. The Labute approximate surface area is 220 Å². The number of aryl methyl sites for hydroxylation is 1. The predicted octanol–water partition coefficient (Wildman–Crippen LogP) is 5.17. The topological polar surface area (TPSA) is 107 Å². The van der Waals surface area contributed by atoms with Crippen LogP contribution in [0, 0.1) is 6.92 Å². The van der Waals surface area contributed by atoms with Gasteiger partial charge in [-0.3, -0.25) is 4.98 Å². The Hall–Kier alpha value is -4.05. The van der Waals surface area contributed by atoms with Gasteiger partial charge < -0.3 is 9.32 Å². The molecule has 2 aliphatic rings. The van der Waals surface area contributed by atoms with Gasteiger partial charge in [0.2, 0.25) is 5.89 Å². The van der Waals surface area contributed by atoms with E-state index in [4.69, 9.17) is 9.40 Å². The fourth-order valence-electron chi connectivity index (χ4n) is 5.02. The maximum atomic E-state index is 13.8. The van der Waals surface area contributed by atoms with Crippen LogP contribution < -0.4 is 4.90 Å². The summed E-state index contributed by atoms with van der Waals surface area (Å²) in [5.74, 6) is 0.816. The minimum Gasteiger partial charge on any atom is -0.403 e. The molecule has 2 fully saturated rings. The number of hydrogen-bond acceptors (Lipinski definition) is 8. The van der Waals surface area contributed by atoms with Gasteiger partial charge in [-0.25, -0.2) is 17.4 Å². The second-order valence-corrected chi connectivity index (χ2v) is 11.9. The summed E-state index contributed by atoms with van der Waals surface area (Å²) in [6.07, 6.45) is 9.55. The highest BCUT2D eigenvalue weighted by Crippen LogP contribution is 2.40. The first-order chi connectivity index (χ1) is 18.5. The molecular weight excluding hydrogens is 500 g/mol. The Balaban J connectivity index is 1.39. The first kappa shape index (κ1) is 23.1. The molecule has 1 saturated carbocycles. The Bertz CT molecular complexity index is 1760. The maximum Gasteiger partial charge on any atom is 0.318 e. The summed E-state index contributed by atoms with van der Waals surface area (Å²) in [7, 11) is -3.86. The van der Waals surface area contributed by atoms with E-state index in [1.54, 1.807) is 48.9 Å². The molecule has 2 aromatic carbocycles. The monoisotopic (exact) mass is 526 g/mol. The van der Waals surface area contributed by atoms with Crippen LogP contribution >= 0.6 is 0 Å². The van der Waals surface area contributed by atoms with Crippen molar-refractivity contribution >= 4 is 26.9 Å². The number of hydrogen-bond donors (Lipinski definition) is 0. The van der Waals surface area contributed by atoms with Gasteiger partial charge in [-0.1, -0.05) is 22.8 Å². The lowest BCUT2D eigenvalue weighted by Crippen LogP contribution is -2.17. The number of anilines is 1. The van der Waals surface area contributed by atoms with Crippen LogP contribution in [0.4, 0.5) is 6.01 Å². The summed E-state index contributed by atoms with van der Waals surface area (Å²) in [5, 5.41) is 9.26. The van der Waals surface area contributed by atoms with E-state index in [1.807, 2.05) is 19.1 Å². The Morgan fingerprint density at radius 1 is 0.974 bits per heavy atom. The van der Waals surface area contributed by atoms with Crippen molar-refractivity contribution in [1.29, 1.82) is 0 Å². The first-order valence-corrected chi connectivity index (χ1v) is 14.3. The molecule has 4 heterocycles. The molecular formula is C28H26N6O3S. The molecule has 3 aromatic heterocycles. The Kier molecular flexibility index (Phi) is 5.33. The fourth-order valence-corrected chi connectivity index (χ4v) is 6.38. The van der Waals surface area contributed by atoms with Crippen LogP contribution in [0.1, 0.15) is 42.9 Å². The number of benzene rings is 2. The van der Waals surface area contributed by atoms with Crippen LogP contribution in [0.3, 0.4) is 0 Å². The molecule has 1 aliphatic carbocycles. The fraction of sp³-hybridized carbons (Fsp3) is 0.286. The maximum absolute atomic E-state index is 13.8. The van der Waals surface area contributed by atoms with Crippen molar-refractivity contribution in [2.45, 2.75) is 43.4 Å². The third-order valence-electron chi connectivity index (χ3n) is 7.31. The molecule has 0 atom stereocenters. The highest BCUT2D eigenvalue weighted by atomic mass is 32.2. The normalized spacial score (nSPS) is 16.0. The molecule has 192 valence electrons. The van der Waals surface area contributed by atoms with Crippen molar-refractivity contribution in [1.82, 2.24) is 24.1 Å². The number of fused-ring (bicyclic) bond motifs is 1. The van der Waals surface area contributed by atoms with E-state index in [9.17, 15) is 8.42 Å². The molecule has 5 aromatic rings. The standard InChI is InChI=1S/C28H26N6O3S/c1-18-4-9-21(10-5-18)38(35,36)34-17-23(25-16-29-15-24(30-25)19-6-7-19)22-14-20(8-11-26(22)34)27-31-32-28(37-27)33-12-2-3-13-33/h4-5,8-11,14-17,19H,2-3,6-7,12-13H2,1H3. The molecule has 0 spiro atoms. The van der Waals surface area contributed by atoms with Gasteiger partial charge in [0.05, 0.1) is 28.0 Å². The molecule has 0 N–H and O–H groups in total. The van der Waals surface area contributed by atoms with Gasteiger partial charge >= 0.3 is 6.01 Å². The van der Waals surface area contributed by atoms with Crippen LogP contribution in [0.5, 0.6) is 0 Å². The molecule has 1 saturated heterocycles. The van der Waals surface area contributed by atoms with E-state index in [0.29, 0.717) is 40.2 Å². The third-order valence-corrected chi connectivity index (χ3v) is 9.00. The average Bonchev–Trinajstić information content (AvgIpc) is 3.31. The highest BCUT2D eigenvalue weighted by Gasteiger charge is 2.27. The van der Waals surface area contributed by atoms with Crippen molar-refractivity contribution in [2.24, 2.45) is 0 Å². The van der Waals surface area contributed by atoms with Crippen LogP contribution in [-0.4, -0.2) is 45.6 Å². The van der Waals surface area contributed by atoms with Crippen LogP contribution in [-0.2, 0) is 10.0 Å². The van der Waals surface area contributed by atoms with E-state index in [0.717, 1.165) is 55.4 Å². The van der Waals surface area contributed by atoms with Crippen LogP contribution in [0.2, 0.25) is 0 Å². The number of nitrogens with zero attached hydrogens (tertiary/aromatic N) is 6. The van der Waals surface area contributed by atoms with Gasteiger partial charge in [-0.05, 0) is 62.9 Å². The summed E-state index contributed by atoms with van der Waals surface area (Å²) in [6.45, 7) is 3.74. The largest absolute Gasteiger partial charge is 0.403 e. The van der Waals surface area contributed by atoms with E-state index < -0.39 is 10.0 Å². The number of rotatable bonds is 6. The smallest absolute Gasteiger partial charge is 0.318 e. The van der Waals surface area contributed by atoms with Gasteiger partial charge in [-0.15, -0.1) is 5.10 Å². The molecule has 38 heavy (non-hydrogen) atoms. The van der Waals surface area contributed by atoms with Crippen molar-refractivity contribution < 1.29 is 12.8 Å². The molecule has 1 aliphatic heterocycles. The van der Waals surface area contributed by atoms with Crippen LogP contribution in [0.25, 0.3) is 33.6 Å². The Morgan fingerprint density at radius 2 is 1.76 bits per heavy atom. The summed E-state index contributed by atoms with van der Waals surface area (Å²) in [4.78, 5) is 11.6. The van der Waals surface area contributed by atoms with Crippen LogP contribution in [0.15, 0.2) is 70.4 Å². The quantitative estimate of drug-likeness (QED) is 0.298. The van der Waals surface area contributed by atoms with Gasteiger partial charge in [0.15, 0.2) is 0 Å². The van der Waals surface area contributed by atoms with Gasteiger partial charge in [0, 0.05) is 47.9 Å². The van der Waals surface area contributed by atoms with Crippen molar-refractivity contribution in [2.75, 3.05) is 18.0 Å². The van der Waals surface area contributed by atoms with Gasteiger partial charge in [0.1, 0.15) is 0 Å². The SMILES string of the molecule is Cc1ccc(S(=O)(=O)n2cc(-c3cncc(C4CC4)n3)c3cc(-c4nnc(N5CCCC5)o4)ccc32)cc1. The van der Waals surface area contributed by atoms with Crippen molar-refractivity contribution in [3.05, 3.63) is 72.3 Å². The molecule has 0 unspecified atom stereocenters. The second kappa shape index (κ2) is 8.76. The molecule has 10 heteroatoms. The van der Waals surface area contributed by atoms with Crippen molar-refractivity contribution in [3.8, 4) is 22.7 Å². The summed E-state index contributed by atoms with van der Waals surface area (Å²) < 4.78 is 34.9. The lowest BCUT2D eigenvalue weighted by atomic mass is 10.1. The lowest BCUT2D eigenvalue weighted by molar-refractivity contribution is 0.557. The molecule has 0 bridgehead atoms. The Morgan fingerprint density at radius 3 is 2.53 bits per heavy atom. The van der Waals surface area contributed by atoms with Gasteiger partial charge in [-0.2, -0.15) is 0 Å². The summed E-state index contributed by atoms with van der Waals surface area (Å²) in [6, 6.07) is 12.9. The lowest BCUT2D eigenvalue weighted by Gasteiger charge is -2.09. The van der Waals surface area contributed by atoms with E-state index in [-0.39, 0.29) is 4.90 Å². The zero-order valence-corrected chi connectivity index (χ0v) is 21.7. The summed E-state index contributed by atoms with van der Waals surface area (Å²) >= 11 is 0. The molecule has 9 nitrogen and oxygen atoms in total. The van der Waals surface area contributed by atoms with E-state index in [2.05, 4.69) is 20.1 Å². The molecule has 0 radical (unpaired) electrons. The highest BCUT2D eigenvalue weighted by molar-refractivity contribution is 7.90. The third kappa shape index (κ3) is 3.96. The minimum absolute atomic E-state index is 0.223. The number of aromatic nitrogens is 5. The molecule has 7 rings (SSSR count). The first-order valence-electron chi connectivity index (χ1n) is 12.9. The zero-order valence-electron chi connectivity index (χ0n) is 20.9. The van der Waals surface area contributed by atoms with Gasteiger partial charge in [0.25, 0.3) is 10.0 Å². The van der Waals surface area contributed by atoms with E-state index in [1.165, 1.54) is 3.97 Å². The minimum atomic E-state index is -3.86. The zero-order chi connectivity index (χ0) is 25.9.